The van der Waals surface area contributed by atoms with Gasteiger partial charge in [-0.25, -0.2) is 0 Å². The van der Waals surface area contributed by atoms with Crippen molar-refractivity contribution in [1.29, 1.82) is 0 Å². The Labute approximate surface area is 243 Å². The van der Waals surface area contributed by atoms with Gasteiger partial charge in [-0.05, 0) is 82.5 Å². The molecule has 0 N–H and O–H groups in total. The molecule has 3 heterocycles. The molecule has 2 saturated carbocycles. The van der Waals surface area contributed by atoms with Gasteiger partial charge in [0, 0.05) is 36.8 Å². The highest BCUT2D eigenvalue weighted by atomic mass is 79.9. The first-order chi connectivity index (χ1) is 19.1. The van der Waals surface area contributed by atoms with Crippen molar-refractivity contribution in [2.24, 2.45) is 17.8 Å². The molecule has 5 fully saturated rings. The highest BCUT2D eigenvalue weighted by molar-refractivity contribution is 9.09. The van der Waals surface area contributed by atoms with E-state index in [0.717, 1.165) is 64.6 Å². The zero-order valence-corrected chi connectivity index (χ0v) is 25.3. The van der Waals surface area contributed by atoms with Gasteiger partial charge in [-0.3, -0.25) is 4.79 Å². The third-order valence-corrected chi connectivity index (χ3v) is 10.6. The average Bonchev–Trinajstić information content (AvgIpc) is 3.70. The average molecular weight is 614 g/mol. The Morgan fingerprint density at radius 3 is 2.38 bits per heavy atom. The fraction of sp³-hybridized carbons (Fsp3) is 0.903. The summed E-state index contributed by atoms with van der Waals surface area (Å²) in [5.74, 6) is 1.11. The largest absolute Gasteiger partial charge is 0.469 e. The van der Waals surface area contributed by atoms with E-state index in [2.05, 4.69) is 28.1 Å². The molecule has 3 aliphatic heterocycles. The molecule has 7 nitrogen and oxygen atoms in total. The van der Waals surface area contributed by atoms with E-state index in [-0.39, 0.29) is 53.7 Å². The molecule has 0 amide bonds. The van der Waals surface area contributed by atoms with E-state index in [9.17, 15) is 4.79 Å². The lowest BCUT2D eigenvalue weighted by Crippen LogP contribution is -2.33. The second-order valence-corrected chi connectivity index (χ2v) is 13.4. The van der Waals surface area contributed by atoms with Crippen LogP contribution in [0.15, 0.2) is 12.2 Å². The van der Waals surface area contributed by atoms with Crippen LogP contribution in [0.2, 0.25) is 0 Å². The summed E-state index contributed by atoms with van der Waals surface area (Å²) in [6, 6.07) is 0. The summed E-state index contributed by atoms with van der Waals surface area (Å²) in [6.07, 6.45) is 20.8. The molecule has 3 saturated heterocycles. The van der Waals surface area contributed by atoms with E-state index in [1.54, 1.807) is 0 Å². The molecular weight excluding hydrogens is 564 g/mol. The number of ether oxygens (including phenoxy) is 6. The summed E-state index contributed by atoms with van der Waals surface area (Å²) in [5.41, 5.74) is 0. The van der Waals surface area contributed by atoms with Crippen LogP contribution in [0.1, 0.15) is 96.3 Å². The first-order valence-electron chi connectivity index (χ1n) is 15.7. The zero-order valence-electron chi connectivity index (χ0n) is 23.7. The van der Waals surface area contributed by atoms with Gasteiger partial charge in [0.05, 0.1) is 31.5 Å². The minimum atomic E-state index is -0.147. The van der Waals surface area contributed by atoms with Crippen molar-refractivity contribution in [3.63, 3.8) is 0 Å². The van der Waals surface area contributed by atoms with Crippen molar-refractivity contribution in [3.05, 3.63) is 12.2 Å². The van der Waals surface area contributed by atoms with Gasteiger partial charge in [0.2, 0.25) is 0 Å². The minimum absolute atomic E-state index is 0.0775. The Bertz CT molecular complexity index is 775. The molecule has 222 valence electrons. The smallest absolute Gasteiger partial charge is 0.305 e. The molecule has 0 aromatic heterocycles. The molecule has 0 aromatic rings. The van der Waals surface area contributed by atoms with Gasteiger partial charge in [0.15, 0.2) is 12.6 Å². The van der Waals surface area contributed by atoms with Crippen molar-refractivity contribution in [2.45, 2.75) is 138 Å². The number of alkyl halides is 1. The molecule has 0 spiro atoms. The number of halogens is 1. The summed E-state index contributed by atoms with van der Waals surface area (Å²) in [6.45, 7) is 1.60. The fourth-order valence-corrected chi connectivity index (χ4v) is 7.98. The maximum absolute atomic E-state index is 11.5. The Morgan fingerprint density at radius 1 is 0.974 bits per heavy atom. The maximum atomic E-state index is 11.5. The quantitative estimate of drug-likeness (QED) is 0.142. The van der Waals surface area contributed by atoms with Crippen LogP contribution in [0.3, 0.4) is 0 Å². The Morgan fingerprint density at radius 2 is 1.69 bits per heavy atom. The third kappa shape index (κ3) is 8.29. The van der Waals surface area contributed by atoms with Gasteiger partial charge in [-0.1, -0.05) is 40.9 Å². The van der Waals surface area contributed by atoms with Crippen LogP contribution in [0.4, 0.5) is 0 Å². The molecule has 0 bridgehead atoms. The summed E-state index contributed by atoms with van der Waals surface area (Å²) in [4.78, 5) is 11.8. The van der Waals surface area contributed by atoms with E-state index in [0.29, 0.717) is 18.3 Å². The number of fused-ring (bicyclic) bond motifs is 1. The first-order valence-corrected chi connectivity index (χ1v) is 16.6. The summed E-state index contributed by atoms with van der Waals surface area (Å²) in [7, 11) is 1.45. The molecule has 2 aliphatic carbocycles. The molecule has 0 radical (unpaired) electrons. The van der Waals surface area contributed by atoms with Crippen LogP contribution in [-0.4, -0.2) is 68.1 Å². The number of carbonyl (C=O) groups excluding carboxylic acids is 1. The number of methoxy groups -OCH3 is 1. The lowest BCUT2D eigenvalue weighted by molar-refractivity contribution is -0.194. The molecule has 3 unspecified atom stereocenters. The predicted molar refractivity (Wildman–Crippen MR) is 151 cm³/mol. The standard InChI is InChI=1S/C31H49BrO7/c1-34-29(33)12-8-11-24(32)28-19-23-22(26(20-27(23)37-28)39-31-14-5-7-18-36-31)15-16-25(21-9-2-3-10-21)38-30-13-4-6-17-35-30/h15-16,21-28,30-31H,2-14,17-20H2,1H3/t22-,23-,24?,25-,26-,27-,28-,30?,31?/m1/s1. The second kappa shape index (κ2) is 15.1. The van der Waals surface area contributed by atoms with Gasteiger partial charge < -0.3 is 28.4 Å². The van der Waals surface area contributed by atoms with Crippen molar-refractivity contribution in [1.82, 2.24) is 0 Å². The SMILES string of the molecule is COC(=O)CCCC(Br)[C@H]1C[C@@H]2[C@@H](C=C[C@@H](OC3CCCCO3)C3CCCC3)[C@H](OC3CCCCO3)C[C@H]2O1. The third-order valence-electron chi connectivity index (χ3n) is 9.51. The van der Waals surface area contributed by atoms with E-state index in [4.69, 9.17) is 28.4 Å². The van der Waals surface area contributed by atoms with Crippen molar-refractivity contribution < 1.29 is 33.2 Å². The van der Waals surface area contributed by atoms with Crippen molar-refractivity contribution in [2.75, 3.05) is 20.3 Å². The molecule has 0 aromatic carbocycles. The summed E-state index contributed by atoms with van der Waals surface area (Å²) >= 11 is 3.88. The highest BCUT2D eigenvalue weighted by Gasteiger charge is 2.51. The van der Waals surface area contributed by atoms with Crippen LogP contribution in [0.25, 0.3) is 0 Å². The van der Waals surface area contributed by atoms with Crippen LogP contribution in [-0.2, 0) is 33.2 Å². The lowest BCUT2D eigenvalue weighted by Gasteiger charge is -2.31. The second-order valence-electron chi connectivity index (χ2n) is 12.2. The van der Waals surface area contributed by atoms with Crippen LogP contribution >= 0.6 is 15.9 Å². The van der Waals surface area contributed by atoms with E-state index >= 15 is 0 Å². The number of rotatable bonds is 12. The van der Waals surface area contributed by atoms with Crippen molar-refractivity contribution >= 4 is 21.9 Å². The zero-order chi connectivity index (χ0) is 27.0. The van der Waals surface area contributed by atoms with E-state index in [1.165, 1.54) is 45.6 Å². The molecule has 39 heavy (non-hydrogen) atoms. The highest BCUT2D eigenvalue weighted by Crippen LogP contribution is 2.48. The number of esters is 1. The molecule has 5 rings (SSSR count). The topological polar surface area (TPSA) is 72.5 Å². The maximum Gasteiger partial charge on any atom is 0.305 e. The first kappa shape index (κ1) is 30.0. The van der Waals surface area contributed by atoms with Gasteiger partial charge in [0.1, 0.15) is 0 Å². The number of carbonyl (C=O) groups is 1. The van der Waals surface area contributed by atoms with Crippen molar-refractivity contribution in [3.8, 4) is 0 Å². The molecule has 9 atom stereocenters. The minimum Gasteiger partial charge on any atom is -0.469 e. The molecular formula is C31H49BrO7. The predicted octanol–water partition coefficient (Wildman–Crippen LogP) is 6.46. The van der Waals surface area contributed by atoms with Gasteiger partial charge in [-0.2, -0.15) is 0 Å². The molecule has 8 heteroatoms. The normalized spacial score (nSPS) is 37.2. The van der Waals surface area contributed by atoms with E-state index < -0.39 is 0 Å². The van der Waals surface area contributed by atoms with Gasteiger partial charge in [-0.15, -0.1) is 0 Å². The summed E-state index contributed by atoms with van der Waals surface area (Å²) in [5, 5.41) is 0. The number of hydrogen-bond acceptors (Lipinski definition) is 7. The lowest BCUT2D eigenvalue weighted by atomic mass is 9.88. The fourth-order valence-electron chi connectivity index (χ4n) is 7.32. The molecule has 5 aliphatic rings. The van der Waals surface area contributed by atoms with Gasteiger partial charge in [0.25, 0.3) is 0 Å². The van der Waals surface area contributed by atoms with Crippen LogP contribution < -0.4 is 0 Å². The Hall–Kier alpha value is -0.510. The van der Waals surface area contributed by atoms with E-state index in [1.807, 2.05) is 0 Å². The number of hydrogen-bond donors (Lipinski definition) is 0. The Balaban J connectivity index is 1.25. The van der Waals surface area contributed by atoms with Crippen LogP contribution in [0, 0.1) is 17.8 Å². The van der Waals surface area contributed by atoms with Crippen LogP contribution in [0.5, 0.6) is 0 Å². The van der Waals surface area contributed by atoms with Gasteiger partial charge >= 0.3 is 5.97 Å². The summed E-state index contributed by atoms with van der Waals surface area (Å²) < 4.78 is 36.6. The Kier molecular flexibility index (Phi) is 11.6. The monoisotopic (exact) mass is 612 g/mol.